The van der Waals surface area contributed by atoms with Gasteiger partial charge < -0.3 is 5.11 Å². The quantitative estimate of drug-likeness (QED) is 0.849. The number of aromatic carboxylic acids is 1. The van der Waals surface area contributed by atoms with E-state index in [0.717, 1.165) is 19.3 Å². The van der Waals surface area contributed by atoms with Crippen LogP contribution in [0.5, 0.6) is 0 Å². The Morgan fingerprint density at radius 3 is 2.64 bits per heavy atom. The summed E-state index contributed by atoms with van der Waals surface area (Å²) in [5.41, 5.74) is 0.0767. The van der Waals surface area contributed by atoms with Crippen LogP contribution in [0, 0.1) is 0 Å². The van der Waals surface area contributed by atoms with Gasteiger partial charge in [0.1, 0.15) is 0 Å². The number of piperidine rings is 1. The molecule has 7 nitrogen and oxygen atoms in total. The Labute approximate surface area is 146 Å². The minimum absolute atomic E-state index is 0.0675. The zero-order chi connectivity index (χ0) is 17.9. The lowest BCUT2D eigenvalue weighted by molar-refractivity contribution is 0.0696. The second kappa shape index (κ2) is 7.37. The Balaban J connectivity index is 1.78. The molecule has 0 spiro atoms. The van der Waals surface area contributed by atoms with Crippen molar-refractivity contribution < 1.29 is 18.3 Å². The Hall–Kier alpha value is -2.19. The van der Waals surface area contributed by atoms with Gasteiger partial charge in [-0.25, -0.2) is 13.2 Å². The minimum atomic E-state index is -3.63. The molecule has 0 unspecified atom stereocenters. The van der Waals surface area contributed by atoms with E-state index >= 15 is 0 Å². The van der Waals surface area contributed by atoms with E-state index in [1.807, 2.05) is 12.3 Å². The van der Waals surface area contributed by atoms with Gasteiger partial charge in [0, 0.05) is 31.5 Å². The van der Waals surface area contributed by atoms with E-state index in [9.17, 15) is 13.2 Å². The lowest BCUT2D eigenvalue weighted by atomic mass is 10.0. The van der Waals surface area contributed by atoms with Crippen molar-refractivity contribution >= 4 is 16.0 Å². The van der Waals surface area contributed by atoms with Crippen LogP contribution in [-0.4, -0.2) is 46.2 Å². The standard InChI is InChI=1S/C17H21N3O4S/c21-17(22)14-5-7-16(8-6-14)25(23,24)20-12-2-1-4-15(20)9-13-19-11-3-10-18-19/h3,5-8,10-11,15H,1-2,4,9,12-13H2,(H,21,22)/t15-/m1/s1. The largest absolute Gasteiger partial charge is 0.478 e. The fourth-order valence-corrected chi connectivity index (χ4v) is 4.92. The molecule has 1 aromatic heterocycles. The van der Waals surface area contributed by atoms with Crippen molar-refractivity contribution in [2.24, 2.45) is 0 Å². The lowest BCUT2D eigenvalue weighted by Crippen LogP contribution is -2.44. The summed E-state index contributed by atoms with van der Waals surface area (Å²) < 4.78 is 29.4. The van der Waals surface area contributed by atoms with Crippen LogP contribution >= 0.6 is 0 Å². The molecule has 134 valence electrons. The number of carboxylic acid groups (broad SMARTS) is 1. The molecule has 0 aliphatic carbocycles. The van der Waals surface area contributed by atoms with Crippen LogP contribution in [0.2, 0.25) is 0 Å². The van der Waals surface area contributed by atoms with Crippen molar-refractivity contribution in [1.29, 1.82) is 0 Å². The number of sulfonamides is 1. The molecule has 1 atom stereocenters. The second-order valence-corrected chi connectivity index (χ2v) is 8.04. The molecule has 25 heavy (non-hydrogen) atoms. The van der Waals surface area contributed by atoms with Crippen LogP contribution in [0.3, 0.4) is 0 Å². The SMILES string of the molecule is O=C(O)c1ccc(S(=O)(=O)N2CCCC[C@@H]2CCn2cccn2)cc1. The minimum Gasteiger partial charge on any atom is -0.478 e. The lowest BCUT2D eigenvalue weighted by Gasteiger charge is -2.34. The summed E-state index contributed by atoms with van der Waals surface area (Å²) in [6.07, 6.45) is 6.95. The molecule has 8 heteroatoms. The van der Waals surface area contributed by atoms with Gasteiger partial charge in [-0.05, 0) is 49.6 Å². The van der Waals surface area contributed by atoms with E-state index in [-0.39, 0.29) is 16.5 Å². The number of rotatable bonds is 6. The Morgan fingerprint density at radius 2 is 2.00 bits per heavy atom. The summed E-state index contributed by atoms with van der Waals surface area (Å²) in [5, 5.41) is 13.1. The predicted octanol–water partition coefficient (Wildman–Crippen LogP) is 2.21. The first-order valence-electron chi connectivity index (χ1n) is 8.31. The zero-order valence-electron chi connectivity index (χ0n) is 13.8. The average Bonchev–Trinajstić information content (AvgIpc) is 3.14. The number of aryl methyl sites for hydroxylation is 1. The zero-order valence-corrected chi connectivity index (χ0v) is 14.6. The molecule has 0 saturated carbocycles. The maximum atomic E-state index is 13.0. The summed E-state index contributed by atoms with van der Waals surface area (Å²) in [5.74, 6) is -1.07. The van der Waals surface area contributed by atoms with Gasteiger partial charge in [-0.1, -0.05) is 6.42 Å². The van der Waals surface area contributed by atoms with Crippen LogP contribution in [0.1, 0.15) is 36.0 Å². The number of hydrogen-bond acceptors (Lipinski definition) is 4. The van der Waals surface area contributed by atoms with E-state index in [2.05, 4.69) is 5.10 Å². The van der Waals surface area contributed by atoms with Gasteiger partial charge in [0.15, 0.2) is 0 Å². The first-order valence-corrected chi connectivity index (χ1v) is 9.75. The van der Waals surface area contributed by atoms with E-state index in [1.165, 1.54) is 24.3 Å². The van der Waals surface area contributed by atoms with Gasteiger partial charge in [0.2, 0.25) is 10.0 Å². The molecule has 1 fully saturated rings. The molecule has 1 aromatic carbocycles. The molecular formula is C17H21N3O4S. The molecule has 3 rings (SSSR count). The molecule has 0 radical (unpaired) electrons. The maximum absolute atomic E-state index is 13.0. The Bertz CT molecular complexity index is 816. The van der Waals surface area contributed by atoms with Crippen LogP contribution in [0.25, 0.3) is 0 Å². The highest BCUT2D eigenvalue weighted by Gasteiger charge is 2.33. The normalized spacial score (nSPS) is 19.0. The predicted molar refractivity (Wildman–Crippen MR) is 91.8 cm³/mol. The van der Waals surface area contributed by atoms with Gasteiger partial charge in [0.25, 0.3) is 0 Å². The molecule has 1 aliphatic heterocycles. The van der Waals surface area contributed by atoms with Crippen LogP contribution in [0.4, 0.5) is 0 Å². The third-order valence-corrected chi connectivity index (χ3v) is 6.50. The van der Waals surface area contributed by atoms with Gasteiger partial charge in [0.05, 0.1) is 10.5 Å². The first kappa shape index (κ1) is 17.6. The molecule has 2 heterocycles. The summed E-state index contributed by atoms with van der Waals surface area (Å²) in [6.45, 7) is 1.16. The van der Waals surface area contributed by atoms with Gasteiger partial charge >= 0.3 is 5.97 Å². The van der Waals surface area contributed by atoms with Crippen LogP contribution < -0.4 is 0 Å². The molecule has 1 saturated heterocycles. The molecular weight excluding hydrogens is 342 g/mol. The van der Waals surface area contributed by atoms with Crippen molar-refractivity contribution in [3.05, 3.63) is 48.3 Å². The van der Waals surface area contributed by atoms with Crippen molar-refractivity contribution in [2.45, 2.75) is 43.2 Å². The van der Waals surface area contributed by atoms with Crippen molar-refractivity contribution in [3.63, 3.8) is 0 Å². The highest BCUT2D eigenvalue weighted by Crippen LogP contribution is 2.27. The third kappa shape index (κ3) is 3.91. The molecule has 1 N–H and O–H groups in total. The summed E-state index contributed by atoms with van der Waals surface area (Å²) in [6, 6.07) is 7.19. The molecule has 2 aromatic rings. The van der Waals surface area contributed by atoms with Crippen LogP contribution in [-0.2, 0) is 16.6 Å². The number of nitrogens with zero attached hydrogens (tertiary/aromatic N) is 3. The number of carboxylic acids is 1. The fourth-order valence-electron chi connectivity index (χ4n) is 3.20. The monoisotopic (exact) mass is 363 g/mol. The Morgan fingerprint density at radius 1 is 1.24 bits per heavy atom. The van der Waals surface area contributed by atoms with E-state index < -0.39 is 16.0 Å². The molecule has 0 amide bonds. The number of aromatic nitrogens is 2. The number of carbonyl (C=O) groups is 1. The van der Waals surface area contributed by atoms with Crippen molar-refractivity contribution in [1.82, 2.24) is 14.1 Å². The highest BCUT2D eigenvalue weighted by molar-refractivity contribution is 7.89. The summed E-state index contributed by atoms with van der Waals surface area (Å²) in [7, 11) is -3.63. The number of hydrogen-bond donors (Lipinski definition) is 1. The van der Waals surface area contributed by atoms with Gasteiger partial charge in [-0.15, -0.1) is 0 Å². The van der Waals surface area contributed by atoms with E-state index in [4.69, 9.17) is 5.11 Å². The molecule has 0 bridgehead atoms. The van der Waals surface area contributed by atoms with Crippen LogP contribution in [0.15, 0.2) is 47.6 Å². The smallest absolute Gasteiger partial charge is 0.335 e. The fraction of sp³-hybridized carbons (Fsp3) is 0.412. The maximum Gasteiger partial charge on any atom is 0.335 e. The third-order valence-electron chi connectivity index (χ3n) is 4.53. The second-order valence-electron chi connectivity index (χ2n) is 6.15. The highest BCUT2D eigenvalue weighted by atomic mass is 32.2. The van der Waals surface area contributed by atoms with Gasteiger partial charge in [-0.2, -0.15) is 9.40 Å². The van der Waals surface area contributed by atoms with Crippen molar-refractivity contribution in [2.75, 3.05) is 6.54 Å². The van der Waals surface area contributed by atoms with Gasteiger partial charge in [-0.3, -0.25) is 4.68 Å². The Kier molecular flexibility index (Phi) is 5.19. The topological polar surface area (TPSA) is 92.5 Å². The number of benzene rings is 1. The average molecular weight is 363 g/mol. The summed E-state index contributed by atoms with van der Waals surface area (Å²) in [4.78, 5) is 11.1. The van der Waals surface area contributed by atoms with E-state index in [0.29, 0.717) is 19.5 Å². The van der Waals surface area contributed by atoms with Crippen molar-refractivity contribution in [3.8, 4) is 0 Å². The summed E-state index contributed by atoms with van der Waals surface area (Å²) >= 11 is 0. The van der Waals surface area contributed by atoms with E-state index in [1.54, 1.807) is 15.2 Å². The molecule has 1 aliphatic rings. The first-order chi connectivity index (χ1) is 12.0.